The summed E-state index contributed by atoms with van der Waals surface area (Å²) in [5.74, 6) is 0.874. The highest BCUT2D eigenvalue weighted by Gasteiger charge is 2.12. The van der Waals surface area contributed by atoms with Gasteiger partial charge in [0, 0.05) is 24.8 Å². The van der Waals surface area contributed by atoms with Crippen LogP contribution in [-0.2, 0) is 4.79 Å². The van der Waals surface area contributed by atoms with Crippen LogP contribution in [0.5, 0.6) is 0 Å². The van der Waals surface area contributed by atoms with Crippen LogP contribution in [0.25, 0.3) is 0 Å². The molecule has 0 radical (unpaired) electrons. The van der Waals surface area contributed by atoms with Crippen LogP contribution in [0.15, 0.2) is 24.3 Å². The molecular formula is C16H24N2O. The zero-order valence-electron chi connectivity index (χ0n) is 11.7. The zero-order valence-corrected chi connectivity index (χ0v) is 11.7. The first-order valence-electron chi connectivity index (χ1n) is 7.35. The predicted molar refractivity (Wildman–Crippen MR) is 80.4 cm³/mol. The number of amides is 1. The fourth-order valence-electron chi connectivity index (χ4n) is 2.81. The number of hydrogen-bond acceptors (Lipinski definition) is 2. The molecule has 1 aliphatic rings. The van der Waals surface area contributed by atoms with Crippen molar-refractivity contribution in [2.75, 3.05) is 17.2 Å². The molecule has 0 unspecified atom stereocenters. The monoisotopic (exact) mass is 260 g/mol. The molecule has 0 spiro atoms. The third-order valence-corrected chi connectivity index (χ3v) is 3.79. The van der Waals surface area contributed by atoms with Crippen LogP contribution in [0.1, 0.15) is 45.4 Å². The molecule has 3 heteroatoms. The maximum Gasteiger partial charge on any atom is 0.221 e. The fraction of sp³-hybridized carbons (Fsp3) is 0.562. The largest absolute Gasteiger partial charge is 0.385 e. The summed E-state index contributed by atoms with van der Waals surface area (Å²) < 4.78 is 0. The van der Waals surface area contributed by atoms with Crippen LogP contribution in [0.3, 0.4) is 0 Å². The second kappa shape index (κ2) is 7.17. The van der Waals surface area contributed by atoms with E-state index in [1.54, 1.807) is 0 Å². The Morgan fingerprint density at radius 2 is 1.95 bits per heavy atom. The minimum Gasteiger partial charge on any atom is -0.385 e. The molecule has 0 bridgehead atoms. The van der Waals surface area contributed by atoms with Gasteiger partial charge in [-0.3, -0.25) is 4.79 Å². The van der Waals surface area contributed by atoms with Gasteiger partial charge >= 0.3 is 0 Å². The van der Waals surface area contributed by atoms with Gasteiger partial charge in [0.2, 0.25) is 5.91 Å². The zero-order chi connectivity index (χ0) is 13.5. The molecule has 0 saturated heterocycles. The highest BCUT2D eigenvalue weighted by molar-refractivity contribution is 5.89. The van der Waals surface area contributed by atoms with Gasteiger partial charge in [-0.2, -0.15) is 0 Å². The molecule has 0 aromatic heterocycles. The summed E-state index contributed by atoms with van der Waals surface area (Å²) in [6.45, 7) is 2.55. The highest BCUT2D eigenvalue weighted by Crippen LogP contribution is 2.26. The third-order valence-electron chi connectivity index (χ3n) is 3.79. The highest BCUT2D eigenvalue weighted by atomic mass is 16.1. The van der Waals surface area contributed by atoms with Gasteiger partial charge in [0.05, 0.1) is 0 Å². The molecule has 0 heterocycles. The van der Waals surface area contributed by atoms with E-state index in [1.807, 2.05) is 24.3 Å². The van der Waals surface area contributed by atoms with Crippen molar-refractivity contribution >= 4 is 17.3 Å². The summed E-state index contributed by atoms with van der Waals surface area (Å²) in [4.78, 5) is 11.0. The Labute approximate surface area is 115 Å². The molecule has 1 saturated carbocycles. The number of benzene rings is 1. The van der Waals surface area contributed by atoms with Gasteiger partial charge in [-0.15, -0.1) is 0 Å². The van der Waals surface area contributed by atoms with E-state index in [0.29, 0.717) is 0 Å². The lowest BCUT2D eigenvalue weighted by Gasteiger charge is -2.21. The summed E-state index contributed by atoms with van der Waals surface area (Å²) in [7, 11) is 0. The lowest BCUT2D eigenvalue weighted by Crippen LogP contribution is -2.12. The van der Waals surface area contributed by atoms with E-state index in [1.165, 1.54) is 45.4 Å². The van der Waals surface area contributed by atoms with Crippen LogP contribution >= 0.6 is 0 Å². The fourth-order valence-corrected chi connectivity index (χ4v) is 2.81. The Bertz CT molecular complexity index is 411. The lowest BCUT2D eigenvalue weighted by atomic mass is 9.87. The molecule has 1 fully saturated rings. The molecule has 1 aliphatic carbocycles. The second-order valence-electron chi connectivity index (χ2n) is 5.48. The topological polar surface area (TPSA) is 41.1 Å². The SMILES string of the molecule is CC(=O)Nc1cccc(NCCC2CCCCC2)c1. The molecule has 19 heavy (non-hydrogen) atoms. The first-order valence-corrected chi connectivity index (χ1v) is 7.35. The average Bonchev–Trinajstić information content (AvgIpc) is 2.40. The van der Waals surface area contributed by atoms with Gasteiger partial charge in [-0.25, -0.2) is 0 Å². The number of hydrogen-bond donors (Lipinski definition) is 2. The minimum absolute atomic E-state index is 0.0284. The molecule has 1 aromatic rings. The Balaban J connectivity index is 1.77. The predicted octanol–water partition coefficient (Wildman–Crippen LogP) is 4.03. The van der Waals surface area contributed by atoms with Crippen molar-refractivity contribution in [3.05, 3.63) is 24.3 Å². The van der Waals surface area contributed by atoms with E-state index in [9.17, 15) is 4.79 Å². The van der Waals surface area contributed by atoms with Crippen LogP contribution in [-0.4, -0.2) is 12.5 Å². The van der Waals surface area contributed by atoms with E-state index < -0.39 is 0 Å². The molecule has 1 aromatic carbocycles. The first-order chi connectivity index (χ1) is 9.24. The summed E-state index contributed by atoms with van der Waals surface area (Å²) in [6, 6.07) is 7.91. The van der Waals surface area contributed by atoms with Crippen LogP contribution in [0.2, 0.25) is 0 Å². The van der Waals surface area contributed by atoms with Crippen molar-refractivity contribution in [2.24, 2.45) is 5.92 Å². The summed E-state index contributed by atoms with van der Waals surface area (Å²) in [6.07, 6.45) is 8.28. The second-order valence-corrected chi connectivity index (χ2v) is 5.48. The van der Waals surface area contributed by atoms with Crippen LogP contribution in [0.4, 0.5) is 11.4 Å². The van der Waals surface area contributed by atoms with Gasteiger partial charge in [-0.1, -0.05) is 38.2 Å². The molecule has 2 N–H and O–H groups in total. The normalized spacial score (nSPS) is 16.1. The molecule has 0 aliphatic heterocycles. The van der Waals surface area contributed by atoms with Crippen LogP contribution in [0, 0.1) is 5.92 Å². The molecule has 3 nitrogen and oxygen atoms in total. The molecule has 104 valence electrons. The molecule has 0 atom stereocenters. The summed E-state index contributed by atoms with van der Waals surface area (Å²) >= 11 is 0. The van der Waals surface area contributed by atoms with E-state index in [0.717, 1.165) is 23.8 Å². The maximum absolute atomic E-state index is 11.0. The van der Waals surface area contributed by atoms with Crippen molar-refractivity contribution in [1.29, 1.82) is 0 Å². The lowest BCUT2D eigenvalue weighted by molar-refractivity contribution is -0.114. The quantitative estimate of drug-likeness (QED) is 0.839. The Morgan fingerprint density at radius 1 is 1.21 bits per heavy atom. The van der Waals surface area contributed by atoms with E-state index >= 15 is 0 Å². The number of rotatable bonds is 5. The Kier molecular flexibility index (Phi) is 5.25. The van der Waals surface area contributed by atoms with Crippen LogP contribution < -0.4 is 10.6 Å². The minimum atomic E-state index is -0.0284. The average molecular weight is 260 g/mol. The standard InChI is InChI=1S/C16H24N2O/c1-13(19)18-16-9-5-8-15(12-16)17-11-10-14-6-3-2-4-7-14/h5,8-9,12,14,17H,2-4,6-7,10-11H2,1H3,(H,18,19). The van der Waals surface area contributed by atoms with Crippen molar-refractivity contribution in [1.82, 2.24) is 0 Å². The van der Waals surface area contributed by atoms with Crippen molar-refractivity contribution in [3.8, 4) is 0 Å². The Hall–Kier alpha value is -1.51. The van der Waals surface area contributed by atoms with E-state index in [4.69, 9.17) is 0 Å². The summed E-state index contributed by atoms with van der Waals surface area (Å²) in [5, 5.41) is 6.26. The maximum atomic E-state index is 11.0. The van der Waals surface area contributed by atoms with Crippen molar-refractivity contribution < 1.29 is 4.79 Å². The number of nitrogens with one attached hydrogen (secondary N) is 2. The smallest absolute Gasteiger partial charge is 0.221 e. The molecule has 1 amide bonds. The summed E-state index contributed by atoms with van der Waals surface area (Å²) in [5.41, 5.74) is 1.94. The van der Waals surface area contributed by atoms with Crippen molar-refractivity contribution in [2.45, 2.75) is 45.4 Å². The number of carbonyl (C=O) groups is 1. The van der Waals surface area contributed by atoms with Gasteiger partial charge in [0.15, 0.2) is 0 Å². The van der Waals surface area contributed by atoms with Gasteiger partial charge in [-0.05, 0) is 30.5 Å². The number of anilines is 2. The van der Waals surface area contributed by atoms with E-state index in [-0.39, 0.29) is 5.91 Å². The molecule has 2 rings (SSSR count). The molecular weight excluding hydrogens is 236 g/mol. The Morgan fingerprint density at radius 3 is 2.68 bits per heavy atom. The van der Waals surface area contributed by atoms with Gasteiger partial charge in [0.1, 0.15) is 0 Å². The number of carbonyl (C=O) groups excluding carboxylic acids is 1. The van der Waals surface area contributed by atoms with Gasteiger partial charge in [0.25, 0.3) is 0 Å². The first kappa shape index (κ1) is 13.9. The van der Waals surface area contributed by atoms with Gasteiger partial charge < -0.3 is 10.6 Å². The van der Waals surface area contributed by atoms with E-state index in [2.05, 4.69) is 10.6 Å². The van der Waals surface area contributed by atoms with Crippen molar-refractivity contribution in [3.63, 3.8) is 0 Å². The third kappa shape index (κ3) is 4.93.